The summed E-state index contributed by atoms with van der Waals surface area (Å²) in [7, 11) is 1.64. The molecule has 0 spiro atoms. The fraction of sp³-hybridized carbons (Fsp3) is 0.500. The zero-order chi connectivity index (χ0) is 12.3. The lowest BCUT2D eigenvalue weighted by Gasteiger charge is -2.22. The van der Waals surface area contributed by atoms with Crippen LogP contribution in [0.5, 0.6) is 5.75 Å². The van der Waals surface area contributed by atoms with Gasteiger partial charge in [0.15, 0.2) is 0 Å². The van der Waals surface area contributed by atoms with Gasteiger partial charge in [0.1, 0.15) is 5.75 Å². The highest BCUT2D eigenvalue weighted by Crippen LogP contribution is 2.37. The Morgan fingerprint density at radius 3 is 2.62 bits per heavy atom. The van der Waals surface area contributed by atoms with E-state index in [9.17, 15) is 0 Å². The molecule has 1 aromatic carbocycles. The van der Waals surface area contributed by atoms with Crippen LogP contribution in [0.2, 0.25) is 5.02 Å². The van der Waals surface area contributed by atoms with Crippen LogP contribution in [0, 0.1) is 5.92 Å². The van der Waals surface area contributed by atoms with Gasteiger partial charge in [0, 0.05) is 16.6 Å². The second-order valence-corrected chi connectivity index (χ2v) is 5.21. The predicted octanol–water partition coefficient (Wildman–Crippen LogP) is 4.16. The standard InChI is InChI=1S/C12H17BrClNO/c1-4-7(2)11(15)9-5-8(14)6-10(13)12(9)16-3/h5-7,11H,4,15H2,1-3H3. The quantitative estimate of drug-likeness (QED) is 0.906. The van der Waals surface area contributed by atoms with Gasteiger partial charge in [0.2, 0.25) is 0 Å². The Kier molecular flexibility index (Phi) is 5.09. The largest absolute Gasteiger partial charge is 0.495 e. The van der Waals surface area contributed by atoms with E-state index in [1.165, 1.54) is 0 Å². The third-order valence-corrected chi connectivity index (χ3v) is 3.66. The van der Waals surface area contributed by atoms with E-state index in [4.69, 9.17) is 22.1 Å². The van der Waals surface area contributed by atoms with E-state index in [0.717, 1.165) is 22.2 Å². The summed E-state index contributed by atoms with van der Waals surface area (Å²) in [6.45, 7) is 4.25. The van der Waals surface area contributed by atoms with Gasteiger partial charge in [-0.25, -0.2) is 0 Å². The van der Waals surface area contributed by atoms with E-state index < -0.39 is 0 Å². The molecule has 1 aromatic rings. The summed E-state index contributed by atoms with van der Waals surface area (Å²) in [5.41, 5.74) is 7.16. The van der Waals surface area contributed by atoms with Crippen LogP contribution in [0.3, 0.4) is 0 Å². The molecule has 0 saturated heterocycles. The Labute approximate surface area is 110 Å². The zero-order valence-corrected chi connectivity index (χ0v) is 12.1. The van der Waals surface area contributed by atoms with Crippen LogP contribution in [-0.2, 0) is 0 Å². The van der Waals surface area contributed by atoms with E-state index >= 15 is 0 Å². The van der Waals surface area contributed by atoms with Gasteiger partial charge in [0.05, 0.1) is 11.6 Å². The number of methoxy groups -OCH3 is 1. The zero-order valence-electron chi connectivity index (χ0n) is 9.76. The van der Waals surface area contributed by atoms with Crippen molar-refractivity contribution in [2.24, 2.45) is 11.7 Å². The molecule has 0 radical (unpaired) electrons. The lowest BCUT2D eigenvalue weighted by molar-refractivity contribution is 0.386. The summed E-state index contributed by atoms with van der Waals surface area (Å²) < 4.78 is 6.21. The normalized spacial score (nSPS) is 14.6. The van der Waals surface area contributed by atoms with Gasteiger partial charge in [-0.3, -0.25) is 0 Å². The van der Waals surface area contributed by atoms with Crippen LogP contribution in [0.4, 0.5) is 0 Å². The molecule has 0 fully saturated rings. The first-order valence-corrected chi connectivity index (χ1v) is 6.46. The Morgan fingerprint density at radius 2 is 2.12 bits per heavy atom. The van der Waals surface area contributed by atoms with E-state index in [1.54, 1.807) is 7.11 Å². The van der Waals surface area contributed by atoms with Gasteiger partial charge in [-0.2, -0.15) is 0 Å². The summed E-state index contributed by atoms with van der Waals surface area (Å²) in [5, 5.41) is 0.668. The smallest absolute Gasteiger partial charge is 0.137 e. The van der Waals surface area contributed by atoms with Gasteiger partial charge in [-0.05, 0) is 34.0 Å². The molecule has 0 saturated carbocycles. The van der Waals surface area contributed by atoms with Crippen molar-refractivity contribution in [3.8, 4) is 5.75 Å². The maximum Gasteiger partial charge on any atom is 0.137 e. The van der Waals surface area contributed by atoms with Crippen LogP contribution in [0.25, 0.3) is 0 Å². The number of hydrogen-bond acceptors (Lipinski definition) is 2. The van der Waals surface area contributed by atoms with Crippen molar-refractivity contribution in [2.75, 3.05) is 7.11 Å². The summed E-state index contributed by atoms with van der Waals surface area (Å²) in [4.78, 5) is 0. The van der Waals surface area contributed by atoms with E-state index in [2.05, 4.69) is 29.8 Å². The van der Waals surface area contributed by atoms with Crippen molar-refractivity contribution in [2.45, 2.75) is 26.3 Å². The van der Waals surface area contributed by atoms with Crippen LogP contribution in [0.15, 0.2) is 16.6 Å². The van der Waals surface area contributed by atoms with E-state index in [0.29, 0.717) is 10.9 Å². The summed E-state index contributed by atoms with van der Waals surface area (Å²) >= 11 is 9.46. The molecule has 2 N–H and O–H groups in total. The average molecular weight is 307 g/mol. The molecule has 0 aliphatic heterocycles. The minimum atomic E-state index is -0.0602. The van der Waals surface area contributed by atoms with Crippen molar-refractivity contribution in [1.82, 2.24) is 0 Å². The van der Waals surface area contributed by atoms with E-state index in [1.807, 2.05) is 12.1 Å². The molecule has 0 bridgehead atoms. The topological polar surface area (TPSA) is 35.2 Å². The van der Waals surface area contributed by atoms with Gasteiger partial charge in [-0.15, -0.1) is 0 Å². The Morgan fingerprint density at radius 1 is 1.50 bits per heavy atom. The van der Waals surface area contributed by atoms with Crippen molar-refractivity contribution in [3.05, 3.63) is 27.2 Å². The Hall–Kier alpha value is -0.250. The van der Waals surface area contributed by atoms with Crippen LogP contribution in [0.1, 0.15) is 31.9 Å². The van der Waals surface area contributed by atoms with Crippen LogP contribution in [-0.4, -0.2) is 7.11 Å². The third-order valence-electron chi connectivity index (χ3n) is 2.86. The van der Waals surface area contributed by atoms with E-state index in [-0.39, 0.29) is 6.04 Å². The molecule has 16 heavy (non-hydrogen) atoms. The molecule has 0 aliphatic rings. The molecule has 2 atom stereocenters. The first kappa shape index (κ1) is 13.8. The van der Waals surface area contributed by atoms with Crippen molar-refractivity contribution >= 4 is 27.5 Å². The number of halogens is 2. The summed E-state index contributed by atoms with van der Waals surface area (Å²) in [5.74, 6) is 1.16. The first-order chi connectivity index (χ1) is 7.51. The molecular weight excluding hydrogens is 289 g/mol. The number of ether oxygens (including phenoxy) is 1. The number of benzene rings is 1. The van der Waals surface area contributed by atoms with Crippen molar-refractivity contribution in [1.29, 1.82) is 0 Å². The number of rotatable bonds is 4. The lowest BCUT2D eigenvalue weighted by Crippen LogP contribution is -2.19. The molecule has 2 nitrogen and oxygen atoms in total. The maximum atomic E-state index is 6.20. The predicted molar refractivity (Wildman–Crippen MR) is 72.1 cm³/mol. The van der Waals surface area contributed by atoms with Crippen LogP contribution >= 0.6 is 27.5 Å². The highest BCUT2D eigenvalue weighted by Gasteiger charge is 2.19. The molecule has 1 rings (SSSR count). The molecule has 90 valence electrons. The van der Waals surface area contributed by atoms with Crippen molar-refractivity contribution < 1.29 is 4.74 Å². The summed E-state index contributed by atoms with van der Waals surface area (Å²) in [6, 6.07) is 3.63. The van der Waals surface area contributed by atoms with Gasteiger partial charge in [-0.1, -0.05) is 31.9 Å². The first-order valence-electron chi connectivity index (χ1n) is 5.29. The van der Waals surface area contributed by atoms with Gasteiger partial charge < -0.3 is 10.5 Å². The highest BCUT2D eigenvalue weighted by atomic mass is 79.9. The highest BCUT2D eigenvalue weighted by molar-refractivity contribution is 9.10. The fourth-order valence-corrected chi connectivity index (χ4v) is 2.60. The maximum absolute atomic E-state index is 6.20. The molecule has 0 heterocycles. The monoisotopic (exact) mass is 305 g/mol. The lowest BCUT2D eigenvalue weighted by atomic mass is 9.93. The fourth-order valence-electron chi connectivity index (χ4n) is 1.60. The Bertz CT molecular complexity index is 370. The second kappa shape index (κ2) is 5.89. The molecule has 0 amide bonds. The molecular formula is C12H17BrClNO. The summed E-state index contributed by atoms with van der Waals surface area (Å²) in [6.07, 6.45) is 1.02. The number of hydrogen-bond donors (Lipinski definition) is 1. The third kappa shape index (κ3) is 2.90. The average Bonchev–Trinajstić information content (AvgIpc) is 2.26. The van der Waals surface area contributed by atoms with Crippen molar-refractivity contribution in [3.63, 3.8) is 0 Å². The number of nitrogens with two attached hydrogens (primary N) is 1. The second-order valence-electron chi connectivity index (χ2n) is 3.92. The molecule has 4 heteroatoms. The van der Waals surface area contributed by atoms with Gasteiger partial charge >= 0.3 is 0 Å². The molecule has 0 aromatic heterocycles. The minimum Gasteiger partial charge on any atom is -0.495 e. The minimum absolute atomic E-state index is 0.0602. The Balaban J connectivity index is 3.20. The SMILES string of the molecule is CCC(C)C(N)c1cc(Cl)cc(Br)c1OC. The molecule has 2 unspecified atom stereocenters. The molecule has 0 aliphatic carbocycles. The van der Waals surface area contributed by atoms with Gasteiger partial charge in [0.25, 0.3) is 0 Å². The van der Waals surface area contributed by atoms with Crippen LogP contribution < -0.4 is 10.5 Å².